The highest BCUT2D eigenvalue weighted by atomic mass is 32.1. The van der Waals surface area contributed by atoms with E-state index >= 15 is 0 Å². The topological polar surface area (TPSA) is 46.8 Å². The van der Waals surface area contributed by atoms with Gasteiger partial charge in [-0.25, -0.2) is 4.99 Å². The molecule has 0 radical (unpaired) electrons. The van der Waals surface area contributed by atoms with Crippen molar-refractivity contribution in [1.29, 1.82) is 0 Å². The van der Waals surface area contributed by atoms with Crippen LogP contribution < -0.4 is 9.54 Å². The Bertz CT molecular complexity index is 924. The van der Waals surface area contributed by atoms with Gasteiger partial charge in [0.15, 0.2) is 4.80 Å². The van der Waals surface area contributed by atoms with Crippen LogP contribution in [0.2, 0.25) is 0 Å². The van der Waals surface area contributed by atoms with E-state index in [2.05, 4.69) is 29.9 Å². The maximum absolute atomic E-state index is 9.50. The molecule has 0 aliphatic rings. The van der Waals surface area contributed by atoms with Crippen LogP contribution in [0.4, 0.5) is 5.69 Å². The zero-order chi connectivity index (χ0) is 17.8. The lowest BCUT2D eigenvalue weighted by atomic mass is 10.1. The van der Waals surface area contributed by atoms with Crippen molar-refractivity contribution in [3.05, 3.63) is 63.8 Å². The predicted octanol–water partition coefficient (Wildman–Crippen LogP) is 4.07. The molecule has 1 aromatic heterocycles. The number of nitrogens with zero attached hydrogens (tertiary/aromatic N) is 2. The summed E-state index contributed by atoms with van der Waals surface area (Å²) < 4.78 is 7.29. The van der Waals surface area contributed by atoms with E-state index in [1.807, 2.05) is 36.4 Å². The summed E-state index contributed by atoms with van der Waals surface area (Å²) in [6.07, 6.45) is 0. The number of rotatable bonds is 5. The lowest BCUT2D eigenvalue weighted by molar-refractivity contribution is 0.275. The molecule has 0 atom stereocenters. The maximum atomic E-state index is 9.50. The minimum Gasteiger partial charge on any atom is -0.497 e. The van der Waals surface area contributed by atoms with Crippen molar-refractivity contribution in [3.8, 4) is 17.0 Å². The van der Waals surface area contributed by atoms with E-state index in [9.17, 15) is 5.11 Å². The number of thiazole rings is 1. The first-order chi connectivity index (χ1) is 12.1. The number of methoxy groups -OCH3 is 1. The maximum Gasteiger partial charge on any atom is 0.190 e. The lowest BCUT2D eigenvalue weighted by Gasteiger charge is -2.09. The van der Waals surface area contributed by atoms with Crippen LogP contribution in [0.5, 0.6) is 5.75 Å². The Morgan fingerprint density at radius 2 is 1.88 bits per heavy atom. The first-order valence-corrected chi connectivity index (χ1v) is 9.06. The second-order valence-corrected chi connectivity index (χ2v) is 6.67. The first kappa shape index (κ1) is 17.5. The molecule has 2 aromatic carbocycles. The zero-order valence-electron chi connectivity index (χ0n) is 14.7. The van der Waals surface area contributed by atoms with Gasteiger partial charge < -0.3 is 14.4 Å². The molecular weight excluding hydrogens is 332 g/mol. The third-order valence-corrected chi connectivity index (χ3v) is 5.16. The summed E-state index contributed by atoms with van der Waals surface area (Å²) in [6.45, 7) is 4.75. The van der Waals surface area contributed by atoms with Crippen LogP contribution in [0.3, 0.4) is 0 Å². The quantitative estimate of drug-likeness (QED) is 0.751. The summed E-state index contributed by atoms with van der Waals surface area (Å²) in [5.41, 5.74) is 5.49. The highest BCUT2D eigenvalue weighted by Crippen LogP contribution is 2.24. The van der Waals surface area contributed by atoms with Crippen LogP contribution in [0.1, 0.15) is 11.1 Å². The van der Waals surface area contributed by atoms with Crippen LogP contribution in [-0.4, -0.2) is 23.4 Å². The number of aliphatic hydroxyl groups is 1. The van der Waals surface area contributed by atoms with Gasteiger partial charge in [-0.3, -0.25) is 0 Å². The van der Waals surface area contributed by atoms with Crippen molar-refractivity contribution < 1.29 is 9.84 Å². The SMILES string of the molecule is COc1ccc(-c2csc(=Nc3cccc(C)c3C)n2CCO)cc1. The molecule has 0 aliphatic heterocycles. The zero-order valence-corrected chi connectivity index (χ0v) is 15.5. The van der Waals surface area contributed by atoms with Crippen molar-refractivity contribution >= 4 is 17.0 Å². The van der Waals surface area contributed by atoms with E-state index in [1.165, 1.54) is 11.1 Å². The Hall–Kier alpha value is -2.37. The molecule has 0 spiro atoms. The van der Waals surface area contributed by atoms with Crippen molar-refractivity contribution in [2.75, 3.05) is 13.7 Å². The van der Waals surface area contributed by atoms with Gasteiger partial charge in [-0.05, 0) is 60.9 Å². The molecule has 5 heteroatoms. The van der Waals surface area contributed by atoms with Gasteiger partial charge in [0.2, 0.25) is 0 Å². The normalized spacial score (nSPS) is 11.8. The van der Waals surface area contributed by atoms with Crippen molar-refractivity contribution in [2.24, 2.45) is 4.99 Å². The van der Waals surface area contributed by atoms with Gasteiger partial charge in [-0.15, -0.1) is 11.3 Å². The van der Waals surface area contributed by atoms with E-state index in [4.69, 9.17) is 9.73 Å². The largest absolute Gasteiger partial charge is 0.497 e. The number of benzene rings is 2. The van der Waals surface area contributed by atoms with Crippen molar-refractivity contribution in [1.82, 2.24) is 4.57 Å². The minimum absolute atomic E-state index is 0.0693. The van der Waals surface area contributed by atoms with Crippen LogP contribution in [0, 0.1) is 13.8 Å². The molecule has 0 aliphatic carbocycles. The van der Waals surface area contributed by atoms with E-state index in [0.29, 0.717) is 6.54 Å². The molecule has 0 unspecified atom stereocenters. The van der Waals surface area contributed by atoms with E-state index in [0.717, 1.165) is 27.5 Å². The molecule has 3 aromatic rings. The van der Waals surface area contributed by atoms with Gasteiger partial charge in [-0.2, -0.15) is 0 Å². The highest BCUT2D eigenvalue weighted by Gasteiger charge is 2.09. The van der Waals surface area contributed by atoms with E-state index in [1.54, 1.807) is 18.4 Å². The van der Waals surface area contributed by atoms with Gasteiger partial charge in [0, 0.05) is 11.9 Å². The Balaban J connectivity index is 2.10. The molecule has 4 nitrogen and oxygen atoms in total. The summed E-state index contributed by atoms with van der Waals surface area (Å²) in [6, 6.07) is 14.1. The van der Waals surface area contributed by atoms with E-state index in [-0.39, 0.29) is 6.61 Å². The van der Waals surface area contributed by atoms with Crippen LogP contribution in [-0.2, 0) is 6.54 Å². The standard InChI is InChI=1S/C20H22N2O2S/c1-14-5-4-6-18(15(14)2)21-20-22(11-12-23)19(13-25-20)16-7-9-17(24-3)10-8-16/h4-10,13,23H,11-12H2,1-3H3. The molecule has 0 amide bonds. The van der Waals surface area contributed by atoms with Crippen LogP contribution in [0.25, 0.3) is 11.3 Å². The first-order valence-electron chi connectivity index (χ1n) is 8.18. The average Bonchev–Trinajstić information content (AvgIpc) is 3.02. The minimum atomic E-state index is 0.0693. The molecule has 25 heavy (non-hydrogen) atoms. The fourth-order valence-electron chi connectivity index (χ4n) is 2.69. The van der Waals surface area contributed by atoms with Gasteiger partial charge in [0.25, 0.3) is 0 Å². The third kappa shape index (κ3) is 3.67. The molecule has 130 valence electrons. The molecule has 1 N–H and O–H groups in total. The number of aryl methyl sites for hydroxylation is 1. The molecule has 0 saturated carbocycles. The molecule has 1 heterocycles. The summed E-state index contributed by atoms with van der Waals surface area (Å²) in [5, 5.41) is 11.6. The molecule has 0 bridgehead atoms. The van der Waals surface area contributed by atoms with E-state index < -0.39 is 0 Å². The summed E-state index contributed by atoms with van der Waals surface area (Å²) in [4.78, 5) is 5.73. The van der Waals surface area contributed by atoms with Gasteiger partial charge in [-0.1, -0.05) is 12.1 Å². The van der Waals surface area contributed by atoms with Crippen LogP contribution >= 0.6 is 11.3 Å². The predicted molar refractivity (Wildman–Crippen MR) is 103 cm³/mol. The Kier molecular flexibility index (Phi) is 5.36. The van der Waals surface area contributed by atoms with Gasteiger partial charge in [0.05, 0.1) is 25.1 Å². The van der Waals surface area contributed by atoms with Crippen molar-refractivity contribution in [2.45, 2.75) is 20.4 Å². The second-order valence-electron chi connectivity index (χ2n) is 5.84. The van der Waals surface area contributed by atoms with Crippen LogP contribution in [0.15, 0.2) is 52.8 Å². The Morgan fingerprint density at radius 1 is 1.12 bits per heavy atom. The second kappa shape index (κ2) is 7.68. The molecule has 0 saturated heterocycles. The number of ether oxygens (including phenoxy) is 1. The summed E-state index contributed by atoms with van der Waals surface area (Å²) in [7, 11) is 1.66. The van der Waals surface area contributed by atoms with Gasteiger partial charge >= 0.3 is 0 Å². The number of aliphatic hydroxyl groups excluding tert-OH is 1. The number of hydrogen-bond donors (Lipinski definition) is 1. The van der Waals surface area contributed by atoms with Gasteiger partial charge in [0.1, 0.15) is 5.75 Å². The average molecular weight is 354 g/mol. The third-order valence-electron chi connectivity index (χ3n) is 4.30. The Morgan fingerprint density at radius 3 is 2.56 bits per heavy atom. The number of hydrogen-bond acceptors (Lipinski definition) is 4. The fraction of sp³-hybridized carbons (Fsp3) is 0.250. The monoisotopic (exact) mass is 354 g/mol. The highest BCUT2D eigenvalue weighted by molar-refractivity contribution is 7.07. The summed E-state index contributed by atoms with van der Waals surface area (Å²) in [5.74, 6) is 0.827. The lowest BCUT2D eigenvalue weighted by Crippen LogP contribution is -2.18. The number of aromatic nitrogens is 1. The molecular formula is C20H22N2O2S. The summed E-state index contributed by atoms with van der Waals surface area (Å²) >= 11 is 1.58. The molecule has 3 rings (SSSR count). The fourth-order valence-corrected chi connectivity index (χ4v) is 3.64. The van der Waals surface area contributed by atoms with Crippen molar-refractivity contribution in [3.63, 3.8) is 0 Å². The molecule has 0 fully saturated rings. The Labute approximate surface area is 151 Å². The smallest absolute Gasteiger partial charge is 0.190 e.